The van der Waals surface area contributed by atoms with Gasteiger partial charge in [0.05, 0.1) is 11.1 Å². The molecule has 142 valence electrons. The highest BCUT2D eigenvalue weighted by molar-refractivity contribution is 6.06. The molecule has 1 aliphatic carbocycles. The van der Waals surface area contributed by atoms with Gasteiger partial charge in [-0.05, 0) is 71.2 Å². The Morgan fingerprint density at radius 1 is 0.926 bits per heavy atom. The van der Waals surface area contributed by atoms with E-state index in [-0.39, 0.29) is 27.7 Å². The van der Waals surface area contributed by atoms with E-state index in [0.29, 0.717) is 5.69 Å². The number of benzene rings is 2. The molecule has 5 nitrogen and oxygen atoms in total. The Bertz CT molecular complexity index is 911. The number of phenolic OH excluding ortho intramolecular Hbond substituents is 1. The number of hydrogen-bond donors (Lipinski definition) is 3. The molecular weight excluding hydrogens is 342 g/mol. The van der Waals surface area contributed by atoms with Crippen LogP contribution < -0.4 is 5.32 Å². The quantitative estimate of drug-likeness (QED) is 0.734. The molecule has 1 amide bonds. The van der Waals surface area contributed by atoms with E-state index in [0.717, 1.165) is 24.0 Å². The number of carbonyl (C=O) groups is 2. The molecule has 0 saturated carbocycles. The van der Waals surface area contributed by atoms with Crippen LogP contribution in [0.1, 0.15) is 72.4 Å². The molecule has 27 heavy (non-hydrogen) atoms. The lowest BCUT2D eigenvalue weighted by Crippen LogP contribution is -2.34. The topological polar surface area (TPSA) is 86.6 Å². The van der Waals surface area contributed by atoms with Crippen LogP contribution in [0.5, 0.6) is 5.75 Å². The molecule has 0 aliphatic heterocycles. The number of aromatic hydroxyl groups is 1. The van der Waals surface area contributed by atoms with E-state index < -0.39 is 11.9 Å². The number of phenols is 1. The van der Waals surface area contributed by atoms with Gasteiger partial charge >= 0.3 is 5.97 Å². The Hall–Kier alpha value is -2.82. The zero-order chi connectivity index (χ0) is 20.0. The van der Waals surface area contributed by atoms with Crippen molar-refractivity contribution in [1.82, 2.24) is 0 Å². The SMILES string of the molecule is CC1(C)CCC(C)(C)c2cc(C(=O)Nc3ccc(C(=O)O)cc3)c(O)cc21. The Morgan fingerprint density at radius 3 is 1.96 bits per heavy atom. The first kappa shape index (κ1) is 19.0. The van der Waals surface area contributed by atoms with Gasteiger partial charge in [0.15, 0.2) is 0 Å². The van der Waals surface area contributed by atoms with Gasteiger partial charge in [-0.25, -0.2) is 4.79 Å². The van der Waals surface area contributed by atoms with Gasteiger partial charge in [0.25, 0.3) is 5.91 Å². The summed E-state index contributed by atoms with van der Waals surface area (Å²) >= 11 is 0. The van der Waals surface area contributed by atoms with Crippen molar-refractivity contribution < 1.29 is 19.8 Å². The summed E-state index contributed by atoms with van der Waals surface area (Å²) in [7, 11) is 0. The Balaban J connectivity index is 1.95. The first-order valence-corrected chi connectivity index (χ1v) is 9.04. The number of rotatable bonds is 3. The summed E-state index contributed by atoms with van der Waals surface area (Å²) in [5, 5.41) is 22.2. The minimum absolute atomic E-state index is 0.0424. The molecule has 0 atom stereocenters. The van der Waals surface area contributed by atoms with E-state index in [4.69, 9.17) is 5.11 Å². The van der Waals surface area contributed by atoms with Gasteiger partial charge in [0.1, 0.15) is 5.75 Å². The summed E-state index contributed by atoms with van der Waals surface area (Å²) < 4.78 is 0. The van der Waals surface area contributed by atoms with E-state index in [1.165, 1.54) is 24.3 Å². The average molecular weight is 367 g/mol. The molecular formula is C22H25NO4. The summed E-state index contributed by atoms with van der Waals surface area (Å²) in [6.45, 7) is 8.63. The zero-order valence-corrected chi connectivity index (χ0v) is 16.1. The molecule has 2 aromatic carbocycles. The van der Waals surface area contributed by atoms with Crippen LogP contribution in [0, 0.1) is 0 Å². The van der Waals surface area contributed by atoms with Gasteiger partial charge in [0, 0.05) is 5.69 Å². The van der Waals surface area contributed by atoms with Gasteiger partial charge in [-0.15, -0.1) is 0 Å². The number of hydrogen-bond acceptors (Lipinski definition) is 3. The highest BCUT2D eigenvalue weighted by Crippen LogP contribution is 2.47. The number of nitrogens with one attached hydrogen (secondary N) is 1. The van der Waals surface area contributed by atoms with Crippen LogP contribution in [-0.4, -0.2) is 22.1 Å². The van der Waals surface area contributed by atoms with E-state index >= 15 is 0 Å². The fourth-order valence-electron chi connectivity index (χ4n) is 3.68. The maximum absolute atomic E-state index is 12.7. The van der Waals surface area contributed by atoms with Crippen LogP contribution in [0.4, 0.5) is 5.69 Å². The maximum Gasteiger partial charge on any atom is 0.335 e. The minimum atomic E-state index is -1.02. The molecule has 1 aliphatic rings. The first-order valence-electron chi connectivity index (χ1n) is 9.04. The summed E-state index contributed by atoms with van der Waals surface area (Å²) in [6.07, 6.45) is 2.03. The third kappa shape index (κ3) is 3.54. The van der Waals surface area contributed by atoms with Crippen molar-refractivity contribution in [3.63, 3.8) is 0 Å². The van der Waals surface area contributed by atoms with Crippen molar-refractivity contribution in [2.45, 2.75) is 51.4 Å². The lowest BCUT2D eigenvalue weighted by molar-refractivity contribution is 0.0696. The second-order valence-corrected chi connectivity index (χ2v) is 8.52. The van der Waals surface area contributed by atoms with Crippen LogP contribution in [0.2, 0.25) is 0 Å². The van der Waals surface area contributed by atoms with E-state index in [1.807, 2.05) is 0 Å². The first-order chi connectivity index (χ1) is 12.5. The predicted molar refractivity (Wildman–Crippen MR) is 105 cm³/mol. The molecule has 0 aromatic heterocycles. The number of aromatic carboxylic acids is 1. The lowest BCUT2D eigenvalue weighted by Gasteiger charge is -2.42. The Kier molecular flexibility index (Phi) is 4.50. The fraction of sp³-hybridized carbons (Fsp3) is 0.364. The van der Waals surface area contributed by atoms with Crippen molar-refractivity contribution >= 4 is 17.6 Å². The number of anilines is 1. The van der Waals surface area contributed by atoms with Gasteiger partial charge < -0.3 is 15.5 Å². The molecule has 3 rings (SSSR count). The molecule has 0 radical (unpaired) electrons. The van der Waals surface area contributed by atoms with Crippen LogP contribution in [0.3, 0.4) is 0 Å². The van der Waals surface area contributed by atoms with E-state index in [1.54, 1.807) is 12.1 Å². The number of carbonyl (C=O) groups excluding carboxylic acids is 1. The standard InChI is InChI=1S/C22H25NO4/c1-21(2)9-10-22(3,4)17-12-18(24)15(11-16(17)21)19(25)23-14-7-5-13(6-8-14)20(26)27/h5-8,11-12,24H,9-10H2,1-4H3,(H,23,25)(H,26,27). The minimum Gasteiger partial charge on any atom is -0.507 e. The highest BCUT2D eigenvalue weighted by Gasteiger charge is 2.38. The number of carboxylic acid groups (broad SMARTS) is 1. The summed E-state index contributed by atoms with van der Waals surface area (Å²) in [6, 6.07) is 9.44. The molecule has 0 bridgehead atoms. The molecule has 5 heteroatoms. The highest BCUT2D eigenvalue weighted by atomic mass is 16.4. The molecule has 0 spiro atoms. The third-order valence-electron chi connectivity index (χ3n) is 5.60. The second-order valence-electron chi connectivity index (χ2n) is 8.52. The largest absolute Gasteiger partial charge is 0.507 e. The van der Waals surface area contributed by atoms with Gasteiger partial charge in [-0.2, -0.15) is 0 Å². The molecule has 0 unspecified atom stereocenters. The van der Waals surface area contributed by atoms with Crippen LogP contribution in [0.15, 0.2) is 36.4 Å². The normalized spacial score (nSPS) is 17.0. The summed E-state index contributed by atoms with van der Waals surface area (Å²) in [4.78, 5) is 23.7. The van der Waals surface area contributed by atoms with Crippen LogP contribution in [-0.2, 0) is 10.8 Å². The Labute approximate surface area is 159 Å². The molecule has 0 heterocycles. The molecule has 3 N–H and O–H groups in total. The monoisotopic (exact) mass is 367 g/mol. The van der Waals surface area contributed by atoms with Gasteiger partial charge in [-0.1, -0.05) is 27.7 Å². The second kappa shape index (κ2) is 6.41. The summed E-state index contributed by atoms with van der Waals surface area (Å²) in [5.74, 6) is -1.48. The van der Waals surface area contributed by atoms with Crippen LogP contribution in [0.25, 0.3) is 0 Å². The van der Waals surface area contributed by atoms with E-state index in [9.17, 15) is 14.7 Å². The number of amides is 1. The number of fused-ring (bicyclic) bond motifs is 1. The molecule has 2 aromatic rings. The van der Waals surface area contributed by atoms with Gasteiger partial charge in [-0.3, -0.25) is 4.79 Å². The molecule has 0 fully saturated rings. The average Bonchev–Trinajstić information content (AvgIpc) is 2.59. The Morgan fingerprint density at radius 2 is 1.44 bits per heavy atom. The third-order valence-corrected chi connectivity index (χ3v) is 5.60. The predicted octanol–water partition coefficient (Wildman–Crippen LogP) is 4.69. The zero-order valence-electron chi connectivity index (χ0n) is 16.1. The van der Waals surface area contributed by atoms with Crippen molar-refractivity contribution in [2.24, 2.45) is 0 Å². The lowest BCUT2D eigenvalue weighted by atomic mass is 9.63. The van der Waals surface area contributed by atoms with Gasteiger partial charge in [0.2, 0.25) is 0 Å². The van der Waals surface area contributed by atoms with Crippen molar-refractivity contribution in [2.75, 3.05) is 5.32 Å². The van der Waals surface area contributed by atoms with E-state index in [2.05, 4.69) is 33.0 Å². The number of carboxylic acids is 1. The molecule has 0 saturated heterocycles. The summed E-state index contributed by atoms with van der Waals surface area (Å²) in [5.41, 5.74) is 2.89. The van der Waals surface area contributed by atoms with Crippen molar-refractivity contribution in [3.05, 3.63) is 58.7 Å². The van der Waals surface area contributed by atoms with Crippen LogP contribution >= 0.6 is 0 Å². The van der Waals surface area contributed by atoms with Crippen molar-refractivity contribution in [1.29, 1.82) is 0 Å². The smallest absolute Gasteiger partial charge is 0.335 e. The maximum atomic E-state index is 12.7. The van der Waals surface area contributed by atoms with Crippen molar-refractivity contribution in [3.8, 4) is 5.75 Å². The fourth-order valence-corrected chi connectivity index (χ4v) is 3.68.